The molecule has 1 aliphatic heterocycles. The minimum absolute atomic E-state index is 0.109. The Morgan fingerprint density at radius 1 is 1.21 bits per heavy atom. The topological polar surface area (TPSA) is 65.0 Å². The Morgan fingerprint density at radius 3 is 2.38 bits per heavy atom. The maximum Gasteiger partial charge on any atom is 0.495 e. The second-order valence-electron chi connectivity index (χ2n) is 7.11. The number of hydrogen-bond acceptors (Lipinski definition) is 4. The van der Waals surface area contributed by atoms with Gasteiger partial charge in [0.25, 0.3) is 0 Å². The molecule has 1 saturated heterocycles. The normalized spacial score (nSPS) is 18.6. The second kappa shape index (κ2) is 7.15. The lowest BCUT2D eigenvalue weighted by Gasteiger charge is -2.32. The van der Waals surface area contributed by atoms with Crippen molar-refractivity contribution in [1.82, 2.24) is 0 Å². The largest absolute Gasteiger partial charge is 0.495 e. The van der Waals surface area contributed by atoms with E-state index < -0.39 is 13.1 Å². The van der Waals surface area contributed by atoms with Gasteiger partial charge in [-0.15, -0.1) is 0 Å². The molecule has 1 aliphatic rings. The molecule has 0 saturated carbocycles. The van der Waals surface area contributed by atoms with Gasteiger partial charge in [0.05, 0.1) is 17.8 Å². The van der Waals surface area contributed by atoms with Gasteiger partial charge in [0, 0.05) is 6.42 Å². The average molecular weight is 334 g/mol. The summed E-state index contributed by atoms with van der Waals surface area (Å²) in [5.74, 6) is -0.0321. The van der Waals surface area contributed by atoms with Crippen molar-refractivity contribution in [1.29, 1.82) is 0 Å². The SMILES string of the molecule is CCc1c(OCCCC(=O)O)cccc1B1OC(C)(C)C(C)(C)O1. The fourth-order valence-corrected chi connectivity index (χ4v) is 2.69. The summed E-state index contributed by atoms with van der Waals surface area (Å²) in [7, 11) is -0.424. The average Bonchev–Trinajstić information content (AvgIpc) is 2.71. The first-order valence-electron chi connectivity index (χ1n) is 8.50. The molecule has 0 atom stereocenters. The van der Waals surface area contributed by atoms with Crippen molar-refractivity contribution >= 4 is 18.6 Å². The molecule has 1 N–H and O–H groups in total. The minimum atomic E-state index is -0.805. The molecule has 0 aromatic heterocycles. The van der Waals surface area contributed by atoms with Crippen LogP contribution in [0.1, 0.15) is 53.0 Å². The molecule has 2 rings (SSSR count). The number of carboxylic acid groups (broad SMARTS) is 1. The van der Waals surface area contributed by atoms with Crippen LogP contribution in [0.15, 0.2) is 18.2 Å². The van der Waals surface area contributed by atoms with Crippen molar-refractivity contribution in [2.75, 3.05) is 6.61 Å². The molecule has 5 nitrogen and oxygen atoms in total. The van der Waals surface area contributed by atoms with Crippen LogP contribution in [-0.2, 0) is 20.5 Å². The maximum absolute atomic E-state index is 10.6. The van der Waals surface area contributed by atoms with Gasteiger partial charge in [0.2, 0.25) is 0 Å². The van der Waals surface area contributed by atoms with E-state index in [9.17, 15) is 4.79 Å². The Bertz CT molecular complexity index is 581. The van der Waals surface area contributed by atoms with Gasteiger partial charge in [0.1, 0.15) is 5.75 Å². The first-order valence-corrected chi connectivity index (χ1v) is 8.50. The van der Waals surface area contributed by atoms with Gasteiger partial charge in [-0.1, -0.05) is 19.1 Å². The van der Waals surface area contributed by atoms with Gasteiger partial charge in [-0.3, -0.25) is 4.79 Å². The molecule has 1 fully saturated rings. The van der Waals surface area contributed by atoms with Gasteiger partial charge < -0.3 is 19.2 Å². The number of carboxylic acids is 1. The van der Waals surface area contributed by atoms with E-state index in [2.05, 4.69) is 6.92 Å². The fraction of sp³-hybridized carbons (Fsp3) is 0.611. The third kappa shape index (κ3) is 3.93. The van der Waals surface area contributed by atoms with Crippen LogP contribution in [0, 0.1) is 0 Å². The van der Waals surface area contributed by atoms with E-state index in [1.54, 1.807) is 0 Å². The number of benzene rings is 1. The molecule has 24 heavy (non-hydrogen) atoms. The van der Waals surface area contributed by atoms with Crippen molar-refractivity contribution < 1.29 is 23.9 Å². The molecule has 0 radical (unpaired) electrons. The monoisotopic (exact) mass is 334 g/mol. The van der Waals surface area contributed by atoms with Gasteiger partial charge in [0.15, 0.2) is 0 Å². The molecular formula is C18H27BO5. The molecule has 0 spiro atoms. The number of carbonyl (C=O) groups is 1. The third-order valence-corrected chi connectivity index (χ3v) is 4.82. The third-order valence-electron chi connectivity index (χ3n) is 4.82. The van der Waals surface area contributed by atoms with Crippen LogP contribution in [0.2, 0.25) is 0 Å². The van der Waals surface area contributed by atoms with Crippen molar-refractivity contribution in [2.45, 2.75) is 65.1 Å². The molecule has 0 amide bonds. The summed E-state index contributed by atoms with van der Waals surface area (Å²) in [6.07, 6.45) is 1.38. The standard InChI is InChI=1S/C18H27BO5/c1-6-13-14(19-23-17(2,3)18(4,5)24-19)9-7-10-15(13)22-12-8-11-16(20)21/h7,9-10H,6,8,11-12H2,1-5H3,(H,20,21). The highest BCUT2D eigenvalue weighted by molar-refractivity contribution is 6.62. The Labute approximate surface area is 144 Å². The van der Waals surface area contributed by atoms with Crippen LogP contribution in [-0.4, -0.2) is 36.0 Å². The van der Waals surface area contributed by atoms with Crippen LogP contribution >= 0.6 is 0 Å². The molecule has 6 heteroatoms. The molecule has 132 valence electrons. The van der Waals surface area contributed by atoms with Crippen molar-refractivity contribution in [2.24, 2.45) is 0 Å². The summed E-state index contributed by atoms with van der Waals surface area (Å²) in [5.41, 5.74) is 1.25. The first kappa shape index (κ1) is 18.8. The van der Waals surface area contributed by atoms with E-state index in [0.29, 0.717) is 13.0 Å². The Balaban J connectivity index is 2.17. The predicted octanol–water partition coefficient (Wildman–Crippen LogP) is 2.79. The summed E-state index contributed by atoms with van der Waals surface area (Å²) < 4.78 is 18.1. The molecule has 0 bridgehead atoms. The second-order valence-corrected chi connectivity index (χ2v) is 7.11. The highest BCUT2D eigenvalue weighted by atomic mass is 16.7. The predicted molar refractivity (Wildman–Crippen MR) is 93.9 cm³/mol. The van der Waals surface area contributed by atoms with E-state index in [4.69, 9.17) is 19.2 Å². The van der Waals surface area contributed by atoms with Gasteiger partial charge in [-0.2, -0.15) is 0 Å². The molecule has 0 aliphatic carbocycles. The highest BCUT2D eigenvalue weighted by Gasteiger charge is 2.52. The number of aliphatic carboxylic acids is 1. The molecular weight excluding hydrogens is 307 g/mol. The smallest absolute Gasteiger partial charge is 0.493 e. The summed E-state index contributed by atoms with van der Waals surface area (Å²) in [6.45, 7) is 10.6. The van der Waals surface area contributed by atoms with E-state index >= 15 is 0 Å². The van der Waals surface area contributed by atoms with Crippen LogP contribution in [0.3, 0.4) is 0 Å². The number of ether oxygens (including phenoxy) is 1. The molecule has 1 heterocycles. The van der Waals surface area contributed by atoms with Crippen LogP contribution < -0.4 is 10.2 Å². The zero-order valence-corrected chi connectivity index (χ0v) is 15.2. The lowest BCUT2D eigenvalue weighted by atomic mass is 9.75. The van der Waals surface area contributed by atoms with Gasteiger partial charge in [-0.25, -0.2) is 0 Å². The van der Waals surface area contributed by atoms with E-state index in [1.165, 1.54) is 0 Å². The lowest BCUT2D eigenvalue weighted by molar-refractivity contribution is -0.137. The zero-order valence-electron chi connectivity index (χ0n) is 15.2. The summed E-state index contributed by atoms with van der Waals surface area (Å²) in [6, 6.07) is 5.84. The molecule has 1 aromatic carbocycles. The minimum Gasteiger partial charge on any atom is -0.493 e. The van der Waals surface area contributed by atoms with Crippen molar-refractivity contribution in [3.8, 4) is 5.75 Å². The van der Waals surface area contributed by atoms with Crippen LogP contribution in [0.4, 0.5) is 0 Å². The number of hydrogen-bond donors (Lipinski definition) is 1. The van der Waals surface area contributed by atoms with Crippen LogP contribution in [0.5, 0.6) is 5.75 Å². The molecule has 0 unspecified atom stereocenters. The fourth-order valence-electron chi connectivity index (χ4n) is 2.69. The summed E-state index contributed by atoms with van der Waals surface area (Å²) >= 11 is 0. The van der Waals surface area contributed by atoms with Gasteiger partial charge >= 0.3 is 13.1 Å². The lowest BCUT2D eigenvalue weighted by Crippen LogP contribution is -2.41. The van der Waals surface area contributed by atoms with Crippen molar-refractivity contribution in [3.05, 3.63) is 23.8 Å². The molecule has 1 aromatic rings. The maximum atomic E-state index is 10.6. The van der Waals surface area contributed by atoms with E-state index in [-0.39, 0.29) is 17.6 Å². The highest BCUT2D eigenvalue weighted by Crippen LogP contribution is 2.37. The Kier molecular flexibility index (Phi) is 5.61. The Hall–Kier alpha value is -1.53. The Morgan fingerprint density at radius 2 is 1.83 bits per heavy atom. The van der Waals surface area contributed by atoms with Crippen molar-refractivity contribution in [3.63, 3.8) is 0 Å². The van der Waals surface area contributed by atoms with Gasteiger partial charge in [-0.05, 0) is 57.6 Å². The van der Waals surface area contributed by atoms with Crippen LogP contribution in [0.25, 0.3) is 0 Å². The zero-order chi connectivity index (χ0) is 18.0. The van der Waals surface area contributed by atoms with E-state index in [0.717, 1.165) is 23.2 Å². The first-order chi connectivity index (χ1) is 11.2. The quantitative estimate of drug-likeness (QED) is 0.614. The summed E-state index contributed by atoms with van der Waals surface area (Å²) in [4.78, 5) is 10.6. The number of rotatable bonds is 7. The van der Waals surface area contributed by atoms with E-state index in [1.807, 2.05) is 45.9 Å². The summed E-state index contributed by atoms with van der Waals surface area (Å²) in [5, 5.41) is 8.71.